The minimum Gasteiger partial charge on any atom is -0.379 e. The van der Waals surface area contributed by atoms with Crippen LogP contribution in [0.25, 0.3) is 22.0 Å². The van der Waals surface area contributed by atoms with Gasteiger partial charge in [-0.25, -0.2) is 8.42 Å². The van der Waals surface area contributed by atoms with Gasteiger partial charge in [0.2, 0.25) is 0 Å². The van der Waals surface area contributed by atoms with Crippen LogP contribution in [0.1, 0.15) is 18.5 Å². The van der Waals surface area contributed by atoms with E-state index < -0.39 is 9.84 Å². The number of hydrogen-bond donors (Lipinski definition) is 1. The molecule has 0 aliphatic heterocycles. The number of aromatic nitrogens is 2. The topological polar surface area (TPSA) is 95.7 Å². The van der Waals surface area contributed by atoms with Gasteiger partial charge in [0.05, 0.1) is 16.1 Å². The molecule has 1 aliphatic rings. The summed E-state index contributed by atoms with van der Waals surface area (Å²) in [4.78, 5) is 0.288. The van der Waals surface area contributed by atoms with Crippen LogP contribution in [0.5, 0.6) is 0 Å². The summed E-state index contributed by atoms with van der Waals surface area (Å²) in [5.74, 6) is 0. The summed E-state index contributed by atoms with van der Waals surface area (Å²) in [6.07, 6.45) is 3.38. The first-order valence-corrected chi connectivity index (χ1v) is 10.1. The van der Waals surface area contributed by atoms with Gasteiger partial charge in [0.25, 0.3) is 0 Å². The highest BCUT2D eigenvalue weighted by atomic mass is 32.2. The van der Waals surface area contributed by atoms with Crippen LogP contribution in [-0.4, -0.2) is 30.9 Å². The lowest BCUT2D eigenvalue weighted by atomic mass is 10.0. The molecule has 1 N–H and O–H groups in total. The van der Waals surface area contributed by atoms with Crippen molar-refractivity contribution in [3.8, 4) is 17.2 Å². The van der Waals surface area contributed by atoms with Crippen molar-refractivity contribution >= 4 is 26.4 Å². The first-order chi connectivity index (χ1) is 12.5. The summed E-state index contributed by atoms with van der Waals surface area (Å²) in [5, 5.41) is 21.7. The molecule has 0 amide bonds. The standard InChI is InChI=1S/C19H16N4O2S/c1-26(24,25)15-7-2-12(3-8-15)13-4-9-16-17(10-13)22-23-18(11-20)19(16)21-14-5-6-14/h2-4,7-10,14H,5-6H2,1H3,(H,21,22). The summed E-state index contributed by atoms with van der Waals surface area (Å²) in [5.41, 5.74) is 3.53. The van der Waals surface area contributed by atoms with Crippen molar-refractivity contribution in [3.05, 3.63) is 48.2 Å². The Morgan fingerprint density at radius 2 is 1.77 bits per heavy atom. The van der Waals surface area contributed by atoms with Crippen LogP contribution in [0.2, 0.25) is 0 Å². The zero-order valence-corrected chi connectivity index (χ0v) is 14.9. The smallest absolute Gasteiger partial charge is 0.186 e. The number of benzene rings is 2. The summed E-state index contributed by atoms with van der Waals surface area (Å²) in [6, 6.07) is 15.0. The molecule has 3 aromatic rings. The molecular weight excluding hydrogens is 348 g/mol. The first-order valence-electron chi connectivity index (χ1n) is 8.23. The molecule has 6 nitrogen and oxygen atoms in total. The largest absolute Gasteiger partial charge is 0.379 e. The Kier molecular flexibility index (Phi) is 3.85. The normalized spacial score (nSPS) is 14.2. The Hall–Kier alpha value is -2.98. The van der Waals surface area contributed by atoms with E-state index in [0.717, 1.165) is 35.0 Å². The van der Waals surface area contributed by atoms with Crippen LogP contribution < -0.4 is 5.32 Å². The van der Waals surface area contributed by atoms with Gasteiger partial charge in [-0.3, -0.25) is 0 Å². The minimum absolute atomic E-state index is 0.288. The number of fused-ring (bicyclic) bond motifs is 1. The Labute approximate surface area is 151 Å². The van der Waals surface area contributed by atoms with Gasteiger partial charge in [0.15, 0.2) is 15.5 Å². The number of rotatable bonds is 4. The van der Waals surface area contributed by atoms with Gasteiger partial charge >= 0.3 is 0 Å². The van der Waals surface area contributed by atoms with E-state index >= 15 is 0 Å². The van der Waals surface area contributed by atoms with Crippen molar-refractivity contribution in [1.29, 1.82) is 5.26 Å². The van der Waals surface area contributed by atoms with Gasteiger partial charge in [-0.2, -0.15) is 5.26 Å². The van der Waals surface area contributed by atoms with Crippen LogP contribution in [0.15, 0.2) is 47.4 Å². The fraction of sp³-hybridized carbons (Fsp3) is 0.211. The molecule has 0 unspecified atom stereocenters. The number of nitrogens with zero attached hydrogens (tertiary/aromatic N) is 3. The van der Waals surface area contributed by atoms with Crippen molar-refractivity contribution in [3.63, 3.8) is 0 Å². The number of hydrogen-bond acceptors (Lipinski definition) is 6. The molecular formula is C19H16N4O2S. The third-order valence-electron chi connectivity index (χ3n) is 4.41. The molecule has 7 heteroatoms. The number of nitriles is 1. The molecule has 1 heterocycles. The van der Waals surface area contributed by atoms with Gasteiger partial charge in [-0.05, 0) is 48.2 Å². The van der Waals surface area contributed by atoms with Crippen molar-refractivity contribution in [2.24, 2.45) is 0 Å². The fourth-order valence-electron chi connectivity index (χ4n) is 2.84. The summed E-state index contributed by atoms with van der Waals surface area (Å²) >= 11 is 0. The summed E-state index contributed by atoms with van der Waals surface area (Å²) in [6.45, 7) is 0. The lowest BCUT2D eigenvalue weighted by Crippen LogP contribution is -2.06. The Bertz CT molecular complexity index is 1140. The zero-order chi connectivity index (χ0) is 18.3. The highest BCUT2D eigenvalue weighted by molar-refractivity contribution is 7.90. The molecule has 26 heavy (non-hydrogen) atoms. The molecule has 0 radical (unpaired) electrons. The van der Waals surface area contributed by atoms with Crippen molar-refractivity contribution in [1.82, 2.24) is 10.2 Å². The second-order valence-corrected chi connectivity index (χ2v) is 8.50. The quantitative estimate of drug-likeness (QED) is 0.764. The van der Waals surface area contributed by atoms with Crippen molar-refractivity contribution in [2.75, 3.05) is 11.6 Å². The minimum atomic E-state index is -3.22. The van der Waals surface area contributed by atoms with Gasteiger partial charge in [0.1, 0.15) is 6.07 Å². The lowest BCUT2D eigenvalue weighted by Gasteiger charge is -2.11. The molecule has 1 saturated carbocycles. The Morgan fingerprint density at radius 1 is 1.08 bits per heavy atom. The molecule has 0 bridgehead atoms. The molecule has 130 valence electrons. The predicted octanol–water partition coefficient (Wildman–Crippen LogP) is 3.15. The highest BCUT2D eigenvalue weighted by Crippen LogP contribution is 2.32. The van der Waals surface area contributed by atoms with E-state index in [-0.39, 0.29) is 4.90 Å². The van der Waals surface area contributed by atoms with Gasteiger partial charge in [0, 0.05) is 17.7 Å². The average Bonchev–Trinajstić information content (AvgIpc) is 3.45. The van der Waals surface area contributed by atoms with E-state index in [4.69, 9.17) is 0 Å². The molecule has 1 fully saturated rings. The highest BCUT2D eigenvalue weighted by Gasteiger charge is 2.24. The average molecular weight is 364 g/mol. The number of anilines is 1. The second-order valence-electron chi connectivity index (χ2n) is 6.48. The second kappa shape index (κ2) is 6.07. The lowest BCUT2D eigenvalue weighted by molar-refractivity contribution is 0.602. The van der Waals surface area contributed by atoms with Gasteiger partial charge < -0.3 is 5.32 Å². The van der Waals surface area contributed by atoms with E-state index in [9.17, 15) is 13.7 Å². The maximum absolute atomic E-state index is 11.6. The first kappa shape index (κ1) is 16.5. The van der Waals surface area contributed by atoms with Crippen LogP contribution in [-0.2, 0) is 9.84 Å². The molecule has 0 atom stereocenters. The van der Waals surface area contributed by atoms with E-state index in [0.29, 0.717) is 17.3 Å². The number of sulfone groups is 1. The van der Waals surface area contributed by atoms with Gasteiger partial charge in [-0.15, -0.1) is 10.2 Å². The van der Waals surface area contributed by atoms with Crippen LogP contribution in [0, 0.1) is 11.3 Å². The Morgan fingerprint density at radius 3 is 2.38 bits per heavy atom. The maximum atomic E-state index is 11.6. The van der Waals surface area contributed by atoms with Crippen LogP contribution in [0.3, 0.4) is 0 Å². The monoisotopic (exact) mass is 364 g/mol. The van der Waals surface area contributed by atoms with Crippen LogP contribution in [0.4, 0.5) is 5.69 Å². The number of nitrogens with one attached hydrogen (secondary N) is 1. The summed E-state index contributed by atoms with van der Waals surface area (Å²) in [7, 11) is -3.22. The molecule has 0 saturated heterocycles. The SMILES string of the molecule is CS(=O)(=O)c1ccc(-c2ccc3c(NC4CC4)c(C#N)nnc3c2)cc1. The van der Waals surface area contributed by atoms with Crippen LogP contribution >= 0.6 is 0 Å². The zero-order valence-electron chi connectivity index (χ0n) is 14.1. The summed E-state index contributed by atoms with van der Waals surface area (Å²) < 4.78 is 23.2. The van der Waals surface area contributed by atoms with E-state index in [1.165, 1.54) is 6.26 Å². The van der Waals surface area contributed by atoms with E-state index in [2.05, 4.69) is 21.6 Å². The molecule has 1 aliphatic carbocycles. The molecule has 4 rings (SSSR count). The molecule has 1 aromatic heterocycles. The third-order valence-corrected chi connectivity index (χ3v) is 5.54. The van der Waals surface area contributed by atoms with E-state index in [1.807, 2.05) is 18.2 Å². The van der Waals surface area contributed by atoms with Gasteiger partial charge in [-0.1, -0.05) is 18.2 Å². The van der Waals surface area contributed by atoms with Crippen molar-refractivity contribution in [2.45, 2.75) is 23.8 Å². The van der Waals surface area contributed by atoms with E-state index in [1.54, 1.807) is 24.3 Å². The van der Waals surface area contributed by atoms with Crippen molar-refractivity contribution < 1.29 is 8.42 Å². The third kappa shape index (κ3) is 3.11. The molecule has 0 spiro atoms. The predicted molar refractivity (Wildman–Crippen MR) is 99.4 cm³/mol. The Balaban J connectivity index is 1.77. The fourth-order valence-corrected chi connectivity index (χ4v) is 3.47. The maximum Gasteiger partial charge on any atom is 0.186 e. The molecule has 2 aromatic carbocycles.